The highest BCUT2D eigenvalue weighted by molar-refractivity contribution is 5.96. The summed E-state index contributed by atoms with van der Waals surface area (Å²) in [5.74, 6) is -1.11. The minimum Gasteiger partial charge on any atom is -0.481 e. The number of rotatable bonds is 5. The van der Waals surface area contributed by atoms with Gasteiger partial charge in [-0.15, -0.1) is 0 Å². The summed E-state index contributed by atoms with van der Waals surface area (Å²) in [5.41, 5.74) is 1.58. The molecule has 2 aromatic rings. The number of nitrogens with zero attached hydrogens (tertiary/aromatic N) is 3. The van der Waals surface area contributed by atoms with Gasteiger partial charge in [-0.2, -0.15) is 5.10 Å². The van der Waals surface area contributed by atoms with Gasteiger partial charge in [0, 0.05) is 5.56 Å². The van der Waals surface area contributed by atoms with Gasteiger partial charge in [-0.3, -0.25) is 9.59 Å². The molecule has 7 heteroatoms. The van der Waals surface area contributed by atoms with E-state index in [1.54, 1.807) is 23.1 Å². The van der Waals surface area contributed by atoms with Crippen molar-refractivity contribution >= 4 is 11.9 Å². The van der Waals surface area contributed by atoms with Gasteiger partial charge in [-0.05, 0) is 49.9 Å². The van der Waals surface area contributed by atoms with Crippen molar-refractivity contribution in [2.45, 2.75) is 38.1 Å². The Morgan fingerprint density at radius 2 is 2.17 bits per heavy atom. The van der Waals surface area contributed by atoms with Crippen LogP contribution >= 0.6 is 0 Å². The largest absolute Gasteiger partial charge is 0.481 e. The van der Waals surface area contributed by atoms with Crippen LogP contribution in [0.4, 0.5) is 0 Å². The third kappa shape index (κ3) is 3.08. The Morgan fingerprint density at radius 3 is 2.70 bits per heavy atom. The smallest absolute Gasteiger partial charge is 0.305 e. The van der Waals surface area contributed by atoms with Gasteiger partial charge in [0.15, 0.2) is 0 Å². The van der Waals surface area contributed by atoms with Crippen LogP contribution in [0.2, 0.25) is 0 Å². The second kappa shape index (κ2) is 5.83. The molecule has 23 heavy (non-hydrogen) atoms. The SMILES string of the molecule is Cc1cc(-n2cncn2)ccc1C(=O)NC1(CC(=O)O)CCC1. The third-order valence-electron chi connectivity index (χ3n) is 4.32. The van der Waals surface area contributed by atoms with Crippen LogP contribution in [0, 0.1) is 6.92 Å². The van der Waals surface area contributed by atoms with Gasteiger partial charge in [-0.25, -0.2) is 9.67 Å². The predicted octanol–water partition coefficient (Wildman–Crippen LogP) is 1.70. The first-order valence-electron chi connectivity index (χ1n) is 7.49. The first-order valence-corrected chi connectivity index (χ1v) is 7.49. The molecule has 1 aromatic carbocycles. The van der Waals surface area contributed by atoms with Crippen molar-refractivity contribution in [3.63, 3.8) is 0 Å². The zero-order chi connectivity index (χ0) is 16.4. The summed E-state index contributed by atoms with van der Waals surface area (Å²) in [7, 11) is 0. The fraction of sp³-hybridized carbons (Fsp3) is 0.375. The van der Waals surface area contributed by atoms with Crippen molar-refractivity contribution in [3.8, 4) is 5.69 Å². The van der Waals surface area contributed by atoms with E-state index in [1.165, 1.54) is 6.33 Å². The minimum atomic E-state index is -0.886. The number of aliphatic carboxylic acids is 1. The first-order chi connectivity index (χ1) is 11.0. The molecule has 1 fully saturated rings. The highest BCUT2D eigenvalue weighted by Crippen LogP contribution is 2.35. The Balaban J connectivity index is 1.78. The topological polar surface area (TPSA) is 97.1 Å². The van der Waals surface area contributed by atoms with Gasteiger partial charge in [0.2, 0.25) is 0 Å². The van der Waals surface area contributed by atoms with Crippen molar-refractivity contribution in [1.29, 1.82) is 0 Å². The van der Waals surface area contributed by atoms with Gasteiger partial charge in [0.05, 0.1) is 17.6 Å². The van der Waals surface area contributed by atoms with Crippen molar-refractivity contribution in [2.75, 3.05) is 0 Å². The lowest BCUT2D eigenvalue weighted by molar-refractivity contribution is -0.139. The van der Waals surface area contributed by atoms with Crippen LogP contribution < -0.4 is 5.32 Å². The van der Waals surface area contributed by atoms with Crippen molar-refractivity contribution in [1.82, 2.24) is 20.1 Å². The molecule has 0 aliphatic heterocycles. The van der Waals surface area contributed by atoms with Gasteiger partial charge < -0.3 is 10.4 Å². The third-order valence-corrected chi connectivity index (χ3v) is 4.32. The molecule has 1 saturated carbocycles. The molecule has 2 N–H and O–H groups in total. The molecule has 0 unspecified atom stereocenters. The summed E-state index contributed by atoms with van der Waals surface area (Å²) < 4.78 is 1.62. The summed E-state index contributed by atoms with van der Waals surface area (Å²) in [4.78, 5) is 27.4. The van der Waals surface area contributed by atoms with Crippen LogP contribution in [0.3, 0.4) is 0 Å². The predicted molar refractivity (Wildman–Crippen MR) is 82.4 cm³/mol. The number of carbonyl (C=O) groups is 2. The molecule has 0 spiro atoms. The molecule has 7 nitrogen and oxygen atoms in total. The molecule has 1 aromatic heterocycles. The monoisotopic (exact) mass is 314 g/mol. The van der Waals surface area contributed by atoms with Crippen molar-refractivity contribution in [3.05, 3.63) is 42.0 Å². The Kier molecular flexibility index (Phi) is 3.85. The van der Waals surface area contributed by atoms with Crippen molar-refractivity contribution < 1.29 is 14.7 Å². The number of benzene rings is 1. The van der Waals surface area contributed by atoms with E-state index in [-0.39, 0.29) is 12.3 Å². The van der Waals surface area contributed by atoms with E-state index in [0.717, 1.165) is 17.7 Å². The summed E-state index contributed by atoms with van der Waals surface area (Å²) >= 11 is 0. The van der Waals surface area contributed by atoms with Crippen LogP contribution in [-0.4, -0.2) is 37.3 Å². The average molecular weight is 314 g/mol. The standard InChI is InChI=1S/C16H18N4O3/c1-11-7-12(20-10-17-9-18-20)3-4-13(11)15(23)19-16(5-2-6-16)8-14(21)22/h3-4,7,9-10H,2,5-6,8H2,1H3,(H,19,23)(H,21,22). The second-order valence-electron chi connectivity index (χ2n) is 6.00. The average Bonchev–Trinajstić information content (AvgIpc) is 2.98. The minimum absolute atomic E-state index is 0.0329. The highest BCUT2D eigenvalue weighted by Gasteiger charge is 2.40. The lowest BCUT2D eigenvalue weighted by Crippen LogP contribution is -2.54. The molecule has 120 valence electrons. The molecule has 0 radical (unpaired) electrons. The lowest BCUT2D eigenvalue weighted by atomic mass is 9.74. The Hall–Kier alpha value is -2.70. The molecule has 1 amide bonds. The van der Waals surface area contributed by atoms with E-state index < -0.39 is 11.5 Å². The van der Waals surface area contributed by atoms with Crippen LogP contribution in [0.15, 0.2) is 30.9 Å². The Morgan fingerprint density at radius 1 is 1.39 bits per heavy atom. The molecule has 3 rings (SSSR count). The van der Waals surface area contributed by atoms with Gasteiger partial charge in [0.25, 0.3) is 5.91 Å². The fourth-order valence-electron chi connectivity index (χ4n) is 2.93. The summed E-state index contributed by atoms with van der Waals surface area (Å²) in [6.45, 7) is 1.85. The molecular formula is C16H18N4O3. The number of carboxylic acids is 1. The fourth-order valence-corrected chi connectivity index (χ4v) is 2.93. The quantitative estimate of drug-likeness (QED) is 0.875. The van der Waals surface area contributed by atoms with E-state index >= 15 is 0 Å². The number of amides is 1. The maximum atomic E-state index is 12.5. The van der Waals surface area contributed by atoms with E-state index in [2.05, 4.69) is 15.4 Å². The van der Waals surface area contributed by atoms with E-state index in [9.17, 15) is 9.59 Å². The summed E-state index contributed by atoms with van der Waals surface area (Å²) in [6.07, 6.45) is 5.36. The number of hydrogen-bond acceptors (Lipinski definition) is 4. The maximum absolute atomic E-state index is 12.5. The van der Waals surface area contributed by atoms with E-state index in [0.29, 0.717) is 18.4 Å². The maximum Gasteiger partial charge on any atom is 0.305 e. The van der Waals surface area contributed by atoms with Crippen LogP contribution in [-0.2, 0) is 4.79 Å². The van der Waals surface area contributed by atoms with Crippen molar-refractivity contribution in [2.24, 2.45) is 0 Å². The second-order valence-corrected chi connectivity index (χ2v) is 6.00. The van der Waals surface area contributed by atoms with Gasteiger partial charge >= 0.3 is 5.97 Å². The molecule has 0 atom stereocenters. The number of carbonyl (C=O) groups excluding carboxylic acids is 1. The number of aromatic nitrogens is 3. The Labute approximate surface area is 133 Å². The summed E-state index contributed by atoms with van der Waals surface area (Å²) in [5, 5.41) is 16.0. The zero-order valence-corrected chi connectivity index (χ0v) is 12.8. The van der Waals surface area contributed by atoms with E-state index in [1.807, 2.05) is 13.0 Å². The van der Waals surface area contributed by atoms with Crippen LogP contribution in [0.5, 0.6) is 0 Å². The number of nitrogens with one attached hydrogen (secondary N) is 1. The molecule has 0 bridgehead atoms. The van der Waals surface area contributed by atoms with Gasteiger partial charge in [-0.1, -0.05) is 0 Å². The van der Waals surface area contributed by atoms with Gasteiger partial charge in [0.1, 0.15) is 12.7 Å². The molecular weight excluding hydrogens is 296 g/mol. The number of aryl methyl sites for hydroxylation is 1. The number of hydrogen-bond donors (Lipinski definition) is 2. The zero-order valence-electron chi connectivity index (χ0n) is 12.8. The molecule has 1 heterocycles. The number of carboxylic acid groups (broad SMARTS) is 1. The van der Waals surface area contributed by atoms with Crippen LogP contribution in [0.25, 0.3) is 5.69 Å². The van der Waals surface area contributed by atoms with E-state index in [4.69, 9.17) is 5.11 Å². The Bertz CT molecular complexity index is 736. The normalized spacial score (nSPS) is 15.7. The molecule has 0 saturated heterocycles. The summed E-state index contributed by atoms with van der Waals surface area (Å²) in [6, 6.07) is 5.38. The van der Waals surface area contributed by atoms with Crippen LogP contribution in [0.1, 0.15) is 41.6 Å². The molecule has 1 aliphatic carbocycles. The molecule has 1 aliphatic rings. The lowest BCUT2D eigenvalue weighted by Gasteiger charge is -2.41. The first kappa shape index (κ1) is 15.2. The highest BCUT2D eigenvalue weighted by atomic mass is 16.4.